The smallest absolute Gasteiger partial charge is 0.276 e. The van der Waals surface area contributed by atoms with Crippen LogP contribution in [-0.4, -0.2) is 63.0 Å². The van der Waals surface area contributed by atoms with Gasteiger partial charge in [0.25, 0.3) is 5.91 Å². The number of piperidine rings is 1. The van der Waals surface area contributed by atoms with Gasteiger partial charge in [-0.3, -0.25) is 4.79 Å². The fourth-order valence-electron chi connectivity index (χ4n) is 3.63. The Morgan fingerprint density at radius 1 is 1.38 bits per heavy atom. The summed E-state index contributed by atoms with van der Waals surface area (Å²) in [4.78, 5) is 14.2. The number of hydrogen-bond donors (Lipinski definition) is 1. The summed E-state index contributed by atoms with van der Waals surface area (Å²) in [6.45, 7) is 3.90. The monoisotopic (exact) mass is 357 g/mol. The van der Waals surface area contributed by atoms with Crippen LogP contribution in [0.1, 0.15) is 35.5 Å². The van der Waals surface area contributed by atoms with E-state index in [1.807, 2.05) is 0 Å². The number of likely N-dealkylation sites (tertiary alicyclic amines) is 1. The minimum atomic E-state index is -3.30. The minimum absolute atomic E-state index is 0.138. The highest BCUT2D eigenvalue weighted by atomic mass is 32.2. The van der Waals surface area contributed by atoms with Crippen molar-refractivity contribution in [3.8, 4) is 0 Å². The van der Waals surface area contributed by atoms with E-state index in [4.69, 9.17) is 9.26 Å². The Morgan fingerprint density at radius 3 is 2.67 bits per heavy atom. The van der Waals surface area contributed by atoms with E-state index in [1.165, 1.54) is 6.26 Å². The lowest BCUT2D eigenvalue weighted by Crippen LogP contribution is -2.57. The SMILES string of the molecule is Cc1cc(C(=O)N2CCC3(CCOC[C@H]3NS(C)(=O)=O)CC2)no1. The predicted octanol–water partition coefficient (Wildman–Crippen LogP) is 0.544. The Balaban J connectivity index is 1.69. The van der Waals surface area contributed by atoms with Crippen molar-refractivity contribution in [1.82, 2.24) is 14.8 Å². The standard InChI is InChI=1S/C15H23N3O5S/c1-11-9-12(16-23-11)14(19)18-6-3-15(4-7-18)5-8-22-10-13(15)17-24(2,20)21/h9,13,17H,3-8,10H2,1-2H3/t13-/m1/s1. The number of rotatable bonds is 3. The quantitative estimate of drug-likeness (QED) is 0.847. The molecule has 1 aromatic heterocycles. The van der Waals surface area contributed by atoms with Crippen LogP contribution in [0.3, 0.4) is 0 Å². The van der Waals surface area contributed by atoms with Crippen molar-refractivity contribution in [3.05, 3.63) is 17.5 Å². The van der Waals surface area contributed by atoms with Crippen molar-refractivity contribution in [2.24, 2.45) is 5.41 Å². The number of nitrogens with zero attached hydrogens (tertiary/aromatic N) is 2. The third-order valence-electron chi connectivity index (χ3n) is 5.02. The van der Waals surface area contributed by atoms with E-state index in [-0.39, 0.29) is 17.4 Å². The molecule has 2 saturated heterocycles. The molecule has 3 heterocycles. The molecule has 1 atom stereocenters. The zero-order chi connectivity index (χ0) is 17.4. The van der Waals surface area contributed by atoms with Gasteiger partial charge in [-0.1, -0.05) is 5.16 Å². The predicted molar refractivity (Wildman–Crippen MR) is 86.0 cm³/mol. The second-order valence-electron chi connectivity index (χ2n) is 6.74. The van der Waals surface area contributed by atoms with Crippen LogP contribution in [0.2, 0.25) is 0 Å². The summed E-state index contributed by atoms with van der Waals surface area (Å²) >= 11 is 0. The van der Waals surface area contributed by atoms with E-state index in [1.54, 1.807) is 17.9 Å². The first-order valence-corrected chi connectivity index (χ1v) is 9.96. The van der Waals surface area contributed by atoms with Crippen LogP contribution >= 0.6 is 0 Å². The van der Waals surface area contributed by atoms with Gasteiger partial charge in [0, 0.05) is 25.8 Å². The molecule has 1 spiro atoms. The molecule has 0 radical (unpaired) electrons. The Bertz CT molecular complexity index is 706. The fourth-order valence-corrected chi connectivity index (χ4v) is 4.46. The van der Waals surface area contributed by atoms with Gasteiger partial charge in [-0.15, -0.1) is 0 Å². The molecule has 2 fully saturated rings. The van der Waals surface area contributed by atoms with Gasteiger partial charge in [-0.25, -0.2) is 13.1 Å². The topological polar surface area (TPSA) is 102 Å². The van der Waals surface area contributed by atoms with Crippen LogP contribution in [0, 0.1) is 12.3 Å². The first-order valence-electron chi connectivity index (χ1n) is 8.07. The van der Waals surface area contributed by atoms with Crippen molar-refractivity contribution >= 4 is 15.9 Å². The Kier molecular flexibility index (Phi) is 4.67. The van der Waals surface area contributed by atoms with Gasteiger partial charge in [0.05, 0.1) is 18.9 Å². The van der Waals surface area contributed by atoms with E-state index >= 15 is 0 Å². The Labute approximate surface area is 141 Å². The molecule has 8 nitrogen and oxygen atoms in total. The van der Waals surface area contributed by atoms with E-state index in [2.05, 4.69) is 9.88 Å². The lowest BCUT2D eigenvalue weighted by Gasteiger charge is -2.48. The highest BCUT2D eigenvalue weighted by Crippen LogP contribution is 2.41. The lowest BCUT2D eigenvalue weighted by atomic mass is 9.69. The number of ether oxygens (including phenoxy) is 1. The first kappa shape index (κ1) is 17.4. The van der Waals surface area contributed by atoms with E-state index in [0.717, 1.165) is 19.3 Å². The zero-order valence-corrected chi connectivity index (χ0v) is 14.8. The average molecular weight is 357 g/mol. The third kappa shape index (κ3) is 3.62. The maximum Gasteiger partial charge on any atom is 0.276 e. The molecule has 0 unspecified atom stereocenters. The van der Waals surface area contributed by atoms with E-state index in [9.17, 15) is 13.2 Å². The largest absolute Gasteiger partial charge is 0.380 e. The molecule has 1 N–H and O–H groups in total. The summed E-state index contributed by atoms with van der Waals surface area (Å²) in [7, 11) is -3.30. The maximum atomic E-state index is 12.5. The Hall–Kier alpha value is -1.45. The highest BCUT2D eigenvalue weighted by Gasteiger charge is 2.45. The summed E-state index contributed by atoms with van der Waals surface area (Å²) < 4.78 is 36.4. The van der Waals surface area contributed by atoms with Crippen molar-refractivity contribution < 1.29 is 22.5 Å². The number of carbonyl (C=O) groups excluding carboxylic acids is 1. The van der Waals surface area contributed by atoms with Crippen LogP contribution in [0.5, 0.6) is 0 Å². The van der Waals surface area contributed by atoms with Crippen LogP contribution < -0.4 is 4.72 Å². The average Bonchev–Trinajstić information content (AvgIpc) is 2.95. The molecule has 0 aliphatic carbocycles. The number of nitrogens with one attached hydrogen (secondary N) is 1. The molecule has 134 valence electrons. The number of sulfonamides is 1. The summed E-state index contributed by atoms with van der Waals surface area (Å²) in [5.41, 5.74) is 0.166. The summed E-state index contributed by atoms with van der Waals surface area (Å²) in [5, 5.41) is 3.78. The van der Waals surface area contributed by atoms with Gasteiger partial charge in [0.15, 0.2) is 5.69 Å². The van der Waals surface area contributed by atoms with Crippen LogP contribution in [0.25, 0.3) is 0 Å². The van der Waals surface area contributed by atoms with Gasteiger partial charge in [-0.2, -0.15) is 0 Å². The van der Waals surface area contributed by atoms with Gasteiger partial charge in [0.2, 0.25) is 10.0 Å². The number of hydrogen-bond acceptors (Lipinski definition) is 6. The molecule has 3 rings (SSSR count). The van der Waals surface area contributed by atoms with Crippen LogP contribution in [0.15, 0.2) is 10.6 Å². The lowest BCUT2D eigenvalue weighted by molar-refractivity contribution is -0.0401. The van der Waals surface area contributed by atoms with Crippen molar-refractivity contribution in [3.63, 3.8) is 0 Å². The molecular formula is C15H23N3O5S. The second kappa shape index (κ2) is 6.45. The van der Waals surface area contributed by atoms with Crippen molar-refractivity contribution in [1.29, 1.82) is 0 Å². The molecule has 1 amide bonds. The first-order chi connectivity index (χ1) is 11.3. The van der Waals surface area contributed by atoms with E-state index < -0.39 is 10.0 Å². The summed E-state index contributed by atoms with van der Waals surface area (Å²) in [6.07, 6.45) is 3.45. The zero-order valence-electron chi connectivity index (χ0n) is 13.9. The van der Waals surface area contributed by atoms with Crippen molar-refractivity contribution in [2.45, 2.75) is 32.2 Å². The minimum Gasteiger partial charge on any atom is -0.380 e. The highest BCUT2D eigenvalue weighted by molar-refractivity contribution is 7.88. The molecule has 1 aromatic rings. The number of carbonyl (C=O) groups is 1. The molecule has 2 aliphatic heterocycles. The molecule has 0 aromatic carbocycles. The van der Waals surface area contributed by atoms with Crippen LogP contribution in [-0.2, 0) is 14.8 Å². The summed E-state index contributed by atoms with van der Waals surface area (Å²) in [6, 6.07) is 1.39. The van der Waals surface area contributed by atoms with Crippen LogP contribution in [0.4, 0.5) is 0 Å². The molecule has 0 bridgehead atoms. The van der Waals surface area contributed by atoms with Gasteiger partial charge >= 0.3 is 0 Å². The maximum absolute atomic E-state index is 12.5. The summed E-state index contributed by atoms with van der Waals surface area (Å²) in [5.74, 6) is 0.468. The molecule has 24 heavy (non-hydrogen) atoms. The third-order valence-corrected chi connectivity index (χ3v) is 5.73. The number of aryl methyl sites for hydroxylation is 1. The van der Waals surface area contributed by atoms with Crippen molar-refractivity contribution in [2.75, 3.05) is 32.6 Å². The molecular weight excluding hydrogens is 334 g/mol. The Morgan fingerprint density at radius 2 is 2.08 bits per heavy atom. The molecule has 0 saturated carbocycles. The number of aromatic nitrogens is 1. The molecule has 9 heteroatoms. The number of amides is 1. The van der Waals surface area contributed by atoms with E-state index in [0.29, 0.717) is 37.8 Å². The second-order valence-corrected chi connectivity index (χ2v) is 8.52. The van der Waals surface area contributed by atoms with Gasteiger partial charge in [-0.05, 0) is 31.6 Å². The fraction of sp³-hybridized carbons (Fsp3) is 0.733. The molecule has 2 aliphatic rings. The van der Waals surface area contributed by atoms with Gasteiger partial charge < -0.3 is 14.2 Å². The van der Waals surface area contributed by atoms with Gasteiger partial charge in [0.1, 0.15) is 5.76 Å². The normalized spacial score (nSPS) is 24.2.